The zero-order chi connectivity index (χ0) is 24.2. The number of carbonyl (C=O) groups is 3. The fourth-order valence-electron chi connectivity index (χ4n) is 3.82. The van der Waals surface area contributed by atoms with Gasteiger partial charge in [-0.25, -0.2) is 9.97 Å². The molecular weight excluding hydrogens is 474 g/mol. The highest BCUT2D eigenvalue weighted by molar-refractivity contribution is 7.13. The third-order valence-corrected chi connectivity index (χ3v) is 7.71. The van der Waals surface area contributed by atoms with E-state index < -0.39 is 17.9 Å². The summed E-state index contributed by atoms with van der Waals surface area (Å²) >= 11 is 2.81. The van der Waals surface area contributed by atoms with Crippen molar-refractivity contribution in [3.05, 3.63) is 67.6 Å². The molecule has 3 amide bonds. The fraction of sp³-hybridized carbons (Fsp3) is 0.348. The highest BCUT2D eigenvalue weighted by Crippen LogP contribution is 2.31. The predicted octanol–water partition coefficient (Wildman–Crippen LogP) is 2.73. The van der Waals surface area contributed by atoms with Crippen molar-refractivity contribution in [3.63, 3.8) is 0 Å². The largest absolute Gasteiger partial charge is 0.378 e. The Bertz CT molecular complexity index is 1190. The van der Waals surface area contributed by atoms with Crippen molar-refractivity contribution >= 4 is 40.4 Å². The van der Waals surface area contributed by atoms with E-state index in [-0.39, 0.29) is 17.5 Å². The molecule has 1 aliphatic heterocycles. The average molecular weight is 500 g/mol. The van der Waals surface area contributed by atoms with Gasteiger partial charge >= 0.3 is 0 Å². The molecule has 178 valence electrons. The third-order valence-electron chi connectivity index (χ3n) is 5.65. The Hall–Kier alpha value is -3.15. The number of hydrazine groups is 1. The van der Waals surface area contributed by atoms with Crippen LogP contribution in [0.2, 0.25) is 0 Å². The second-order valence-electron chi connectivity index (χ2n) is 8.04. The van der Waals surface area contributed by atoms with Crippen molar-refractivity contribution in [2.75, 3.05) is 13.1 Å². The summed E-state index contributed by atoms with van der Waals surface area (Å²) in [6, 6.07) is 8.45. The number of aryl methyl sites for hydroxylation is 2. The molecule has 3 N–H and O–H groups in total. The fourth-order valence-corrected chi connectivity index (χ4v) is 5.68. The number of hydrogen-bond acceptors (Lipinski definition) is 8. The summed E-state index contributed by atoms with van der Waals surface area (Å²) in [7, 11) is 0. The second kappa shape index (κ2) is 10.4. The summed E-state index contributed by atoms with van der Waals surface area (Å²) in [5.74, 6) is -1.11. The number of thiazole rings is 2. The maximum atomic E-state index is 12.8. The van der Waals surface area contributed by atoms with Crippen molar-refractivity contribution in [1.82, 2.24) is 25.7 Å². The maximum Gasteiger partial charge on any atom is 0.289 e. The van der Waals surface area contributed by atoms with E-state index in [1.165, 1.54) is 22.7 Å². The van der Waals surface area contributed by atoms with Crippen molar-refractivity contribution in [2.24, 2.45) is 0 Å². The van der Waals surface area contributed by atoms with Gasteiger partial charge in [-0.3, -0.25) is 25.2 Å². The highest BCUT2D eigenvalue weighted by atomic mass is 32.1. The lowest BCUT2D eigenvalue weighted by molar-refractivity contribution is -0.130. The number of piperidine rings is 1. The number of aromatic nitrogens is 2. The van der Waals surface area contributed by atoms with Crippen LogP contribution in [0.25, 0.3) is 0 Å². The number of carbonyl (C=O) groups excluding carboxylic acids is 3. The molecule has 0 spiro atoms. The van der Waals surface area contributed by atoms with Gasteiger partial charge in [-0.2, -0.15) is 0 Å². The average Bonchev–Trinajstić information content (AvgIpc) is 3.48. The topological polar surface area (TPSA) is 125 Å². The summed E-state index contributed by atoms with van der Waals surface area (Å²) in [5.41, 5.74) is 5.93. The second-order valence-corrected chi connectivity index (χ2v) is 10.1. The molecule has 34 heavy (non-hydrogen) atoms. The quantitative estimate of drug-likeness (QED) is 0.464. The molecule has 11 heteroatoms. The zero-order valence-electron chi connectivity index (χ0n) is 18.8. The van der Waals surface area contributed by atoms with Gasteiger partial charge in [-0.15, -0.1) is 22.7 Å². The van der Waals surface area contributed by atoms with E-state index in [9.17, 15) is 19.5 Å². The number of nitrogens with zero attached hydrogens (tertiary/aromatic N) is 3. The molecule has 0 radical (unpaired) electrons. The number of rotatable bonds is 5. The maximum absolute atomic E-state index is 12.8. The zero-order valence-corrected chi connectivity index (χ0v) is 20.4. The van der Waals surface area contributed by atoms with Gasteiger partial charge in [-0.1, -0.05) is 30.3 Å². The summed E-state index contributed by atoms with van der Waals surface area (Å²) in [5, 5.41) is 13.4. The molecule has 9 nitrogen and oxygen atoms in total. The molecular formula is C23H25N5O4S2. The van der Waals surface area contributed by atoms with Crippen LogP contribution in [0, 0.1) is 13.8 Å². The minimum absolute atomic E-state index is 0.0224. The number of nitrogens with one attached hydrogen (secondary N) is 2. The molecule has 1 aromatic carbocycles. The lowest BCUT2D eigenvalue weighted by Crippen LogP contribution is -2.44. The number of hydrogen-bond donors (Lipinski definition) is 3. The monoisotopic (exact) mass is 499 g/mol. The van der Waals surface area contributed by atoms with E-state index in [1.54, 1.807) is 35.7 Å². The Labute approximate surface area is 204 Å². The lowest BCUT2D eigenvalue weighted by atomic mass is 9.97. The van der Waals surface area contributed by atoms with Crippen LogP contribution in [-0.4, -0.2) is 50.8 Å². The van der Waals surface area contributed by atoms with Gasteiger partial charge in [0.05, 0.1) is 15.7 Å². The smallest absolute Gasteiger partial charge is 0.289 e. The number of benzene rings is 1. The van der Waals surface area contributed by atoms with Gasteiger partial charge in [0.2, 0.25) is 0 Å². The van der Waals surface area contributed by atoms with Crippen LogP contribution in [-0.2, 0) is 4.79 Å². The molecule has 1 unspecified atom stereocenters. The van der Waals surface area contributed by atoms with Crippen molar-refractivity contribution in [1.29, 1.82) is 0 Å². The summed E-state index contributed by atoms with van der Waals surface area (Å²) in [6.07, 6.45) is 0.131. The molecule has 2 aromatic heterocycles. The van der Waals surface area contributed by atoms with Gasteiger partial charge in [0.15, 0.2) is 6.10 Å². The van der Waals surface area contributed by atoms with Crippen LogP contribution >= 0.6 is 22.7 Å². The first-order valence-electron chi connectivity index (χ1n) is 10.9. The third kappa shape index (κ3) is 5.32. The van der Waals surface area contributed by atoms with E-state index in [2.05, 4.69) is 20.8 Å². The number of amides is 3. The summed E-state index contributed by atoms with van der Waals surface area (Å²) in [6.45, 7) is 4.99. The molecule has 1 saturated heterocycles. The predicted molar refractivity (Wildman–Crippen MR) is 129 cm³/mol. The minimum Gasteiger partial charge on any atom is -0.378 e. The van der Waals surface area contributed by atoms with Crippen LogP contribution in [0.4, 0.5) is 0 Å². The molecule has 1 aliphatic rings. The number of likely N-dealkylation sites (tertiary alicyclic amines) is 1. The Morgan fingerprint density at radius 3 is 2.44 bits per heavy atom. The Kier molecular flexibility index (Phi) is 7.35. The van der Waals surface area contributed by atoms with Gasteiger partial charge in [0.25, 0.3) is 17.7 Å². The molecule has 1 atom stereocenters. The van der Waals surface area contributed by atoms with E-state index in [0.29, 0.717) is 23.5 Å². The van der Waals surface area contributed by atoms with Crippen LogP contribution in [0.15, 0.2) is 35.7 Å². The molecule has 1 fully saturated rings. The van der Waals surface area contributed by atoms with Gasteiger partial charge in [-0.05, 0) is 32.3 Å². The first kappa shape index (κ1) is 24.0. The molecule has 4 rings (SSSR count). The van der Waals surface area contributed by atoms with Crippen molar-refractivity contribution < 1.29 is 19.5 Å². The molecule has 3 aromatic rings. The van der Waals surface area contributed by atoms with E-state index >= 15 is 0 Å². The normalized spacial score (nSPS) is 15.1. The SMILES string of the molecule is Cc1nc(C)c(C(=O)N2CCC(c3nc(C(=O)NNC(=O)C(O)c4ccccc4)cs3)CC2)s1. The lowest BCUT2D eigenvalue weighted by Gasteiger charge is -2.30. The van der Waals surface area contributed by atoms with E-state index in [1.807, 2.05) is 18.7 Å². The van der Waals surface area contributed by atoms with Crippen LogP contribution < -0.4 is 10.9 Å². The van der Waals surface area contributed by atoms with Crippen LogP contribution in [0.5, 0.6) is 0 Å². The van der Waals surface area contributed by atoms with Crippen LogP contribution in [0.1, 0.15) is 66.3 Å². The highest BCUT2D eigenvalue weighted by Gasteiger charge is 2.28. The summed E-state index contributed by atoms with van der Waals surface area (Å²) < 4.78 is 0. The minimum atomic E-state index is -1.39. The van der Waals surface area contributed by atoms with Gasteiger partial charge < -0.3 is 10.0 Å². The Morgan fingerprint density at radius 1 is 1.09 bits per heavy atom. The Morgan fingerprint density at radius 2 is 1.79 bits per heavy atom. The Balaban J connectivity index is 1.29. The summed E-state index contributed by atoms with van der Waals surface area (Å²) in [4.78, 5) is 48.7. The van der Waals surface area contributed by atoms with E-state index in [0.717, 1.165) is 28.6 Å². The van der Waals surface area contributed by atoms with Crippen LogP contribution in [0.3, 0.4) is 0 Å². The van der Waals surface area contributed by atoms with Crippen molar-refractivity contribution in [2.45, 2.75) is 38.7 Å². The first-order valence-corrected chi connectivity index (χ1v) is 12.5. The standard InChI is InChI=1S/C23H25N5O4S2/c1-13-19(34-14(2)24-13)23(32)28-10-8-16(9-11-28)22-25-17(12-33-22)20(30)26-27-21(31)18(29)15-6-4-3-5-7-15/h3-7,12,16,18,29H,8-11H2,1-2H3,(H,26,30)(H,27,31). The molecule has 0 bridgehead atoms. The first-order chi connectivity index (χ1) is 16.3. The van der Waals surface area contributed by atoms with Gasteiger partial charge in [0.1, 0.15) is 10.6 Å². The number of aliphatic hydroxyl groups is 1. The van der Waals surface area contributed by atoms with Gasteiger partial charge in [0, 0.05) is 24.4 Å². The molecule has 3 heterocycles. The molecule has 0 saturated carbocycles. The van der Waals surface area contributed by atoms with Crippen molar-refractivity contribution in [3.8, 4) is 0 Å². The number of aliphatic hydroxyl groups excluding tert-OH is 1. The molecule has 0 aliphatic carbocycles. The van der Waals surface area contributed by atoms with E-state index in [4.69, 9.17) is 0 Å².